The van der Waals surface area contributed by atoms with Gasteiger partial charge in [-0.25, -0.2) is 4.98 Å². The number of non-ortho nitro benzene ring substituents is 1. The van der Waals surface area contributed by atoms with E-state index in [1.165, 1.54) is 19.2 Å². The molecule has 31 heavy (non-hydrogen) atoms. The third-order valence-electron chi connectivity index (χ3n) is 4.44. The summed E-state index contributed by atoms with van der Waals surface area (Å²) < 4.78 is 11.5. The number of methoxy groups -OCH3 is 1. The number of aromatic nitrogens is 1. The minimum Gasteiger partial charge on any atom is -0.494 e. The second-order valence-electron chi connectivity index (χ2n) is 6.53. The molecule has 1 N–H and O–H groups in total. The Morgan fingerprint density at radius 3 is 2.68 bits per heavy atom. The van der Waals surface area contributed by atoms with E-state index in [1.54, 1.807) is 24.3 Å². The summed E-state index contributed by atoms with van der Waals surface area (Å²) in [7, 11) is 1.41. The van der Waals surface area contributed by atoms with Crippen molar-refractivity contribution in [1.29, 1.82) is 0 Å². The number of amides is 1. The second kappa shape index (κ2) is 8.80. The first-order valence-electron chi connectivity index (χ1n) is 9.24. The van der Waals surface area contributed by atoms with Crippen LogP contribution in [0.5, 0.6) is 11.5 Å². The molecule has 9 heteroatoms. The first kappa shape index (κ1) is 20.3. The fraction of sp³-hybridized carbons (Fsp3) is 0.0909. The summed E-state index contributed by atoms with van der Waals surface area (Å²) in [5, 5.41) is 14.2. The number of fused-ring (bicyclic) bond motifs is 1. The van der Waals surface area contributed by atoms with Crippen molar-refractivity contribution >= 4 is 38.3 Å². The van der Waals surface area contributed by atoms with Gasteiger partial charge in [-0.2, -0.15) is 0 Å². The topological polar surface area (TPSA) is 104 Å². The maximum absolute atomic E-state index is 12.7. The number of ether oxygens (including phenoxy) is 2. The lowest BCUT2D eigenvalue weighted by Crippen LogP contribution is -2.11. The molecule has 3 aromatic carbocycles. The second-order valence-corrected chi connectivity index (χ2v) is 7.56. The van der Waals surface area contributed by atoms with E-state index in [1.807, 2.05) is 30.3 Å². The van der Waals surface area contributed by atoms with E-state index in [4.69, 9.17) is 9.47 Å². The van der Waals surface area contributed by atoms with Crippen LogP contribution in [0.1, 0.15) is 15.9 Å². The van der Waals surface area contributed by atoms with Crippen molar-refractivity contribution < 1.29 is 19.2 Å². The maximum atomic E-state index is 12.7. The monoisotopic (exact) mass is 435 g/mol. The molecular formula is C22H17N3O5S. The Morgan fingerprint density at radius 2 is 1.94 bits per heavy atom. The summed E-state index contributed by atoms with van der Waals surface area (Å²) in [5.74, 6) is 0.480. The zero-order chi connectivity index (χ0) is 21.8. The van der Waals surface area contributed by atoms with Crippen LogP contribution in [0, 0.1) is 10.1 Å². The molecule has 0 radical (unpaired) electrons. The van der Waals surface area contributed by atoms with Crippen LogP contribution in [0.4, 0.5) is 10.8 Å². The Kier molecular flexibility index (Phi) is 5.76. The van der Waals surface area contributed by atoms with E-state index >= 15 is 0 Å². The molecule has 1 aromatic heterocycles. The van der Waals surface area contributed by atoms with Crippen LogP contribution in [0.3, 0.4) is 0 Å². The van der Waals surface area contributed by atoms with Crippen LogP contribution in [-0.4, -0.2) is 22.9 Å². The minimum atomic E-state index is -0.499. The van der Waals surface area contributed by atoms with Crippen molar-refractivity contribution in [1.82, 2.24) is 4.98 Å². The Labute approximate surface area is 181 Å². The summed E-state index contributed by atoms with van der Waals surface area (Å²) in [6.45, 7) is 0.391. The van der Waals surface area contributed by atoms with Gasteiger partial charge in [0.05, 0.1) is 22.8 Å². The summed E-state index contributed by atoms with van der Waals surface area (Å²) in [6.07, 6.45) is 0. The quantitative estimate of drug-likeness (QED) is 0.322. The van der Waals surface area contributed by atoms with Crippen LogP contribution in [-0.2, 0) is 6.61 Å². The molecule has 1 amide bonds. The predicted octanol–water partition coefficient (Wildman–Crippen LogP) is 5.04. The van der Waals surface area contributed by atoms with Gasteiger partial charge >= 0.3 is 0 Å². The molecule has 0 atom stereocenters. The normalized spacial score (nSPS) is 10.6. The van der Waals surface area contributed by atoms with Gasteiger partial charge in [-0.05, 0) is 23.8 Å². The van der Waals surface area contributed by atoms with Crippen LogP contribution >= 0.6 is 11.3 Å². The number of nitro benzene ring substituents is 1. The van der Waals surface area contributed by atoms with E-state index in [2.05, 4.69) is 10.3 Å². The lowest BCUT2D eigenvalue weighted by molar-refractivity contribution is -0.384. The van der Waals surface area contributed by atoms with Crippen LogP contribution < -0.4 is 14.8 Å². The molecule has 0 fully saturated rings. The van der Waals surface area contributed by atoms with E-state index in [-0.39, 0.29) is 17.3 Å². The zero-order valence-corrected chi connectivity index (χ0v) is 17.2. The molecular weight excluding hydrogens is 418 g/mol. The molecule has 0 aliphatic rings. The number of nitro groups is 1. The molecule has 0 aliphatic carbocycles. The third-order valence-corrected chi connectivity index (χ3v) is 5.36. The SMILES string of the molecule is COc1cc([N+](=O)[O-])cc2sc(NC(=O)c3cccc(OCc4ccccc4)c3)nc12. The van der Waals surface area contributed by atoms with Gasteiger partial charge in [0.2, 0.25) is 0 Å². The molecule has 0 spiro atoms. The highest BCUT2D eigenvalue weighted by molar-refractivity contribution is 7.22. The number of thiazole rings is 1. The van der Waals surface area contributed by atoms with Gasteiger partial charge < -0.3 is 9.47 Å². The van der Waals surface area contributed by atoms with Gasteiger partial charge in [-0.1, -0.05) is 47.7 Å². The largest absolute Gasteiger partial charge is 0.494 e. The van der Waals surface area contributed by atoms with Crippen molar-refractivity contribution in [2.24, 2.45) is 0 Å². The molecule has 0 saturated carbocycles. The number of hydrogen-bond donors (Lipinski definition) is 1. The smallest absolute Gasteiger partial charge is 0.274 e. The number of hydrogen-bond acceptors (Lipinski definition) is 7. The van der Waals surface area contributed by atoms with Gasteiger partial charge in [0.15, 0.2) is 10.9 Å². The first-order valence-corrected chi connectivity index (χ1v) is 10.1. The van der Waals surface area contributed by atoms with Crippen LogP contribution in [0.2, 0.25) is 0 Å². The van der Waals surface area contributed by atoms with Crippen molar-refractivity contribution in [3.8, 4) is 11.5 Å². The Bertz CT molecular complexity index is 1260. The first-order chi connectivity index (χ1) is 15.0. The van der Waals surface area contributed by atoms with Crippen LogP contribution in [0.15, 0.2) is 66.7 Å². The molecule has 0 aliphatic heterocycles. The summed E-state index contributed by atoms with van der Waals surface area (Å²) in [5.41, 5.74) is 1.78. The van der Waals surface area contributed by atoms with E-state index in [0.717, 1.165) is 16.9 Å². The average Bonchev–Trinajstić information content (AvgIpc) is 3.20. The molecule has 4 rings (SSSR count). The lowest BCUT2D eigenvalue weighted by atomic mass is 10.2. The molecule has 0 saturated heterocycles. The Morgan fingerprint density at radius 1 is 1.13 bits per heavy atom. The number of anilines is 1. The van der Waals surface area contributed by atoms with Crippen LogP contribution in [0.25, 0.3) is 10.2 Å². The number of rotatable bonds is 7. The van der Waals surface area contributed by atoms with Crippen molar-refractivity contribution in [2.75, 3.05) is 12.4 Å². The predicted molar refractivity (Wildman–Crippen MR) is 118 cm³/mol. The highest BCUT2D eigenvalue weighted by Crippen LogP contribution is 2.36. The average molecular weight is 435 g/mol. The highest BCUT2D eigenvalue weighted by atomic mass is 32.1. The van der Waals surface area contributed by atoms with Crippen molar-refractivity contribution in [3.05, 3.63) is 88.0 Å². The number of carbonyl (C=O) groups is 1. The van der Waals surface area contributed by atoms with Gasteiger partial charge in [-0.3, -0.25) is 20.2 Å². The summed E-state index contributed by atoms with van der Waals surface area (Å²) >= 11 is 1.13. The molecule has 4 aromatic rings. The molecule has 0 bridgehead atoms. The minimum absolute atomic E-state index is 0.103. The van der Waals surface area contributed by atoms with E-state index < -0.39 is 4.92 Å². The van der Waals surface area contributed by atoms with E-state index in [0.29, 0.717) is 33.3 Å². The standard InChI is InChI=1S/C22H17N3O5S/c1-29-18-11-16(25(27)28)12-19-20(18)23-22(31-19)24-21(26)15-8-5-9-17(10-15)30-13-14-6-3-2-4-7-14/h2-12H,13H2,1H3,(H,23,24,26). The van der Waals surface area contributed by atoms with Gasteiger partial charge in [0.25, 0.3) is 11.6 Å². The van der Waals surface area contributed by atoms with Crippen molar-refractivity contribution in [2.45, 2.75) is 6.61 Å². The number of benzene rings is 3. The molecule has 8 nitrogen and oxygen atoms in total. The van der Waals surface area contributed by atoms with Crippen molar-refractivity contribution in [3.63, 3.8) is 0 Å². The van der Waals surface area contributed by atoms with Gasteiger partial charge in [0, 0.05) is 11.6 Å². The fourth-order valence-electron chi connectivity index (χ4n) is 2.94. The fourth-order valence-corrected chi connectivity index (χ4v) is 3.85. The Balaban J connectivity index is 1.51. The Hall–Kier alpha value is -3.98. The summed E-state index contributed by atoms with van der Waals surface area (Å²) in [4.78, 5) is 27.7. The molecule has 0 unspecified atom stereocenters. The van der Waals surface area contributed by atoms with Gasteiger partial charge in [-0.15, -0.1) is 0 Å². The highest BCUT2D eigenvalue weighted by Gasteiger charge is 2.18. The van der Waals surface area contributed by atoms with Gasteiger partial charge in [0.1, 0.15) is 17.9 Å². The maximum Gasteiger partial charge on any atom is 0.274 e. The summed E-state index contributed by atoms with van der Waals surface area (Å²) in [6, 6.07) is 19.3. The number of nitrogens with zero attached hydrogens (tertiary/aromatic N) is 2. The molecule has 156 valence electrons. The van der Waals surface area contributed by atoms with E-state index in [9.17, 15) is 14.9 Å². The molecule has 1 heterocycles. The number of carbonyl (C=O) groups excluding carboxylic acids is 1. The third kappa shape index (κ3) is 4.62. The lowest BCUT2D eigenvalue weighted by Gasteiger charge is -2.08. The zero-order valence-electron chi connectivity index (χ0n) is 16.4. The number of nitrogens with one attached hydrogen (secondary N) is 1.